The molecule has 2 amide bonds. The van der Waals surface area contributed by atoms with Crippen LogP contribution in [-0.2, 0) is 19.1 Å². The zero-order chi connectivity index (χ0) is 26.2. The summed E-state index contributed by atoms with van der Waals surface area (Å²) in [6.45, 7) is 4.31. The molecule has 0 radical (unpaired) electrons. The van der Waals surface area contributed by atoms with Crippen LogP contribution in [0.3, 0.4) is 0 Å². The number of amides is 2. The fourth-order valence-electron chi connectivity index (χ4n) is 4.81. The van der Waals surface area contributed by atoms with Crippen LogP contribution in [0.5, 0.6) is 5.75 Å². The number of aromatic nitrogens is 1. The largest absolute Gasteiger partial charge is 0.497 e. The molecule has 200 valence electrons. The zero-order valence-electron chi connectivity index (χ0n) is 21.5. The third-order valence-corrected chi connectivity index (χ3v) is 6.81. The van der Waals surface area contributed by atoms with Crippen molar-refractivity contribution in [3.63, 3.8) is 0 Å². The molecule has 1 aromatic carbocycles. The molecule has 3 heterocycles. The lowest BCUT2D eigenvalue weighted by atomic mass is 9.98. The molecule has 0 unspecified atom stereocenters. The molecule has 0 aliphatic carbocycles. The SMILES string of the molecule is CCOC(=O)[C@H]1CCCN(C(=O)CCN(C[C@@H]2CCCO2)C(=O)c2cc(-c3cccc(OC)c3)on2)C1. The summed E-state index contributed by atoms with van der Waals surface area (Å²) in [5.41, 5.74) is 0.914. The van der Waals surface area contributed by atoms with E-state index in [1.807, 2.05) is 18.2 Å². The van der Waals surface area contributed by atoms with Gasteiger partial charge in [-0.25, -0.2) is 0 Å². The van der Waals surface area contributed by atoms with Gasteiger partial charge in [0, 0.05) is 50.8 Å². The number of rotatable bonds is 10. The van der Waals surface area contributed by atoms with Gasteiger partial charge in [-0.3, -0.25) is 14.4 Å². The lowest BCUT2D eigenvalue weighted by molar-refractivity contribution is -0.151. The van der Waals surface area contributed by atoms with E-state index >= 15 is 0 Å². The van der Waals surface area contributed by atoms with Gasteiger partial charge in [0.25, 0.3) is 5.91 Å². The highest BCUT2D eigenvalue weighted by molar-refractivity contribution is 5.93. The normalized spacial score (nSPS) is 19.5. The van der Waals surface area contributed by atoms with Gasteiger partial charge in [-0.05, 0) is 44.7 Å². The number of likely N-dealkylation sites (tertiary alicyclic amines) is 1. The Labute approximate surface area is 216 Å². The van der Waals surface area contributed by atoms with E-state index < -0.39 is 0 Å². The molecule has 0 N–H and O–H groups in total. The number of ether oxygens (including phenoxy) is 3. The van der Waals surface area contributed by atoms with Gasteiger partial charge in [-0.1, -0.05) is 17.3 Å². The average molecular weight is 514 g/mol. The van der Waals surface area contributed by atoms with Crippen LogP contribution in [0.1, 0.15) is 49.5 Å². The minimum atomic E-state index is -0.316. The van der Waals surface area contributed by atoms with Crippen molar-refractivity contribution >= 4 is 17.8 Å². The summed E-state index contributed by atoms with van der Waals surface area (Å²) in [6.07, 6.45) is 3.34. The second-order valence-corrected chi connectivity index (χ2v) is 9.38. The molecular formula is C27H35N3O7. The van der Waals surface area contributed by atoms with Crippen LogP contribution in [0.15, 0.2) is 34.9 Å². The van der Waals surface area contributed by atoms with Gasteiger partial charge in [0.1, 0.15) is 5.75 Å². The number of hydrogen-bond acceptors (Lipinski definition) is 8. The molecule has 2 aromatic rings. The molecule has 0 saturated carbocycles. The van der Waals surface area contributed by atoms with Crippen LogP contribution in [0.4, 0.5) is 0 Å². The number of hydrogen-bond donors (Lipinski definition) is 0. The van der Waals surface area contributed by atoms with Crippen molar-refractivity contribution in [1.29, 1.82) is 0 Å². The molecule has 0 spiro atoms. The molecule has 2 saturated heterocycles. The number of carbonyl (C=O) groups excluding carboxylic acids is 3. The number of piperidine rings is 1. The van der Waals surface area contributed by atoms with Gasteiger partial charge in [-0.15, -0.1) is 0 Å². The summed E-state index contributed by atoms with van der Waals surface area (Å²) in [5, 5.41) is 4.01. The predicted molar refractivity (Wildman–Crippen MR) is 134 cm³/mol. The van der Waals surface area contributed by atoms with Gasteiger partial charge in [-0.2, -0.15) is 0 Å². The number of carbonyl (C=O) groups is 3. The Bertz CT molecular complexity index is 1080. The quantitative estimate of drug-likeness (QED) is 0.446. The van der Waals surface area contributed by atoms with Gasteiger partial charge >= 0.3 is 5.97 Å². The van der Waals surface area contributed by atoms with Crippen LogP contribution >= 0.6 is 0 Å². The number of esters is 1. The highest BCUT2D eigenvalue weighted by Gasteiger charge is 2.31. The van der Waals surface area contributed by atoms with Crippen molar-refractivity contribution in [2.75, 3.05) is 46.5 Å². The van der Waals surface area contributed by atoms with Crippen LogP contribution in [0.25, 0.3) is 11.3 Å². The molecule has 0 bridgehead atoms. The molecule has 37 heavy (non-hydrogen) atoms. The van der Waals surface area contributed by atoms with Crippen molar-refractivity contribution in [1.82, 2.24) is 15.0 Å². The fourth-order valence-corrected chi connectivity index (χ4v) is 4.81. The van der Waals surface area contributed by atoms with E-state index in [1.165, 1.54) is 0 Å². The van der Waals surface area contributed by atoms with Crippen LogP contribution in [0, 0.1) is 5.92 Å². The first-order valence-electron chi connectivity index (χ1n) is 12.9. The smallest absolute Gasteiger partial charge is 0.310 e. The van der Waals surface area contributed by atoms with E-state index in [0.717, 1.165) is 24.8 Å². The van der Waals surface area contributed by atoms with E-state index in [9.17, 15) is 14.4 Å². The van der Waals surface area contributed by atoms with Crippen molar-refractivity contribution in [3.8, 4) is 17.1 Å². The lowest BCUT2D eigenvalue weighted by Gasteiger charge is -2.32. The first-order valence-corrected chi connectivity index (χ1v) is 12.9. The molecule has 2 fully saturated rings. The van der Waals surface area contributed by atoms with Gasteiger partial charge < -0.3 is 28.5 Å². The second-order valence-electron chi connectivity index (χ2n) is 9.38. The number of methoxy groups -OCH3 is 1. The summed E-state index contributed by atoms with van der Waals surface area (Å²) >= 11 is 0. The van der Waals surface area contributed by atoms with Crippen LogP contribution < -0.4 is 4.74 Å². The van der Waals surface area contributed by atoms with E-state index in [2.05, 4.69) is 5.16 Å². The van der Waals surface area contributed by atoms with Gasteiger partial charge in [0.05, 0.1) is 25.7 Å². The molecule has 4 rings (SSSR count). The first-order chi connectivity index (χ1) is 18.0. The Balaban J connectivity index is 1.42. The molecule has 2 aliphatic rings. The Kier molecular flexibility index (Phi) is 9.16. The minimum Gasteiger partial charge on any atom is -0.497 e. The maximum Gasteiger partial charge on any atom is 0.310 e. The van der Waals surface area contributed by atoms with Crippen molar-refractivity contribution in [2.24, 2.45) is 5.92 Å². The monoisotopic (exact) mass is 513 g/mol. The molecule has 2 atom stereocenters. The third kappa shape index (κ3) is 6.88. The number of benzene rings is 1. The molecular weight excluding hydrogens is 478 g/mol. The Hall–Kier alpha value is -3.40. The third-order valence-electron chi connectivity index (χ3n) is 6.81. The lowest BCUT2D eigenvalue weighted by Crippen LogP contribution is -2.45. The first kappa shape index (κ1) is 26.7. The Morgan fingerprint density at radius 3 is 2.81 bits per heavy atom. The molecule has 2 aliphatic heterocycles. The van der Waals surface area contributed by atoms with Crippen LogP contribution in [-0.4, -0.2) is 85.3 Å². The topological polar surface area (TPSA) is 111 Å². The zero-order valence-corrected chi connectivity index (χ0v) is 21.5. The average Bonchev–Trinajstić information content (AvgIpc) is 3.63. The van der Waals surface area contributed by atoms with E-state index in [0.29, 0.717) is 50.8 Å². The van der Waals surface area contributed by atoms with Gasteiger partial charge in [0.15, 0.2) is 11.5 Å². The minimum absolute atomic E-state index is 0.0769. The van der Waals surface area contributed by atoms with Crippen molar-refractivity contribution < 1.29 is 33.1 Å². The standard InChI is InChI=1S/C27H35N3O7/c1-3-35-27(33)20-8-5-12-29(17-20)25(31)11-13-30(18-22-10-6-14-36-22)26(32)23-16-24(37-28-23)19-7-4-9-21(15-19)34-2/h4,7,9,15-16,20,22H,3,5-6,8,10-14,17-18H2,1-2H3/t20-,22-/m0/s1. The second kappa shape index (κ2) is 12.7. The van der Waals surface area contributed by atoms with E-state index in [1.54, 1.807) is 36.0 Å². The van der Waals surface area contributed by atoms with Crippen molar-refractivity contribution in [2.45, 2.75) is 45.1 Å². The molecule has 10 nitrogen and oxygen atoms in total. The van der Waals surface area contributed by atoms with Gasteiger partial charge in [0.2, 0.25) is 5.91 Å². The predicted octanol–water partition coefficient (Wildman–Crippen LogP) is 3.16. The highest BCUT2D eigenvalue weighted by Crippen LogP contribution is 2.25. The van der Waals surface area contributed by atoms with E-state index in [-0.39, 0.29) is 48.5 Å². The maximum atomic E-state index is 13.4. The summed E-state index contributed by atoms with van der Waals surface area (Å²) in [4.78, 5) is 42.0. The summed E-state index contributed by atoms with van der Waals surface area (Å²) in [5.74, 6) is 0.165. The molecule has 1 aromatic heterocycles. The fraction of sp³-hybridized carbons (Fsp3) is 0.556. The number of nitrogens with zero attached hydrogens (tertiary/aromatic N) is 3. The molecule has 10 heteroatoms. The van der Waals surface area contributed by atoms with E-state index in [4.69, 9.17) is 18.7 Å². The van der Waals surface area contributed by atoms with Crippen molar-refractivity contribution in [3.05, 3.63) is 36.0 Å². The van der Waals surface area contributed by atoms with Crippen LogP contribution in [0.2, 0.25) is 0 Å². The summed E-state index contributed by atoms with van der Waals surface area (Å²) in [6, 6.07) is 8.92. The Morgan fingerprint density at radius 1 is 1.19 bits per heavy atom. The Morgan fingerprint density at radius 2 is 2.05 bits per heavy atom. The highest BCUT2D eigenvalue weighted by atomic mass is 16.5. The summed E-state index contributed by atoms with van der Waals surface area (Å²) in [7, 11) is 1.58. The summed E-state index contributed by atoms with van der Waals surface area (Å²) < 4.78 is 21.6. The maximum absolute atomic E-state index is 13.4.